The summed E-state index contributed by atoms with van der Waals surface area (Å²) in [5.41, 5.74) is 4.29. The molecule has 0 aliphatic heterocycles. The molecule has 0 aliphatic rings. The molecule has 0 bridgehead atoms. The van der Waals surface area contributed by atoms with Gasteiger partial charge in [0.25, 0.3) is 15.9 Å². The van der Waals surface area contributed by atoms with Gasteiger partial charge in [-0.1, -0.05) is 54.1 Å². The van der Waals surface area contributed by atoms with Crippen molar-refractivity contribution >= 4 is 38.6 Å². The summed E-state index contributed by atoms with van der Waals surface area (Å²) in [6.45, 7) is 6.26. The van der Waals surface area contributed by atoms with Crippen LogP contribution in [0.4, 0.5) is 0 Å². The Labute approximate surface area is 216 Å². The summed E-state index contributed by atoms with van der Waals surface area (Å²) in [7, 11) is -4.00. The van der Waals surface area contributed by atoms with Gasteiger partial charge in [0.15, 0.2) is 0 Å². The van der Waals surface area contributed by atoms with Crippen molar-refractivity contribution in [3.8, 4) is 11.8 Å². The van der Waals surface area contributed by atoms with E-state index in [0.717, 1.165) is 35.4 Å². The molecule has 6 nitrogen and oxygen atoms in total. The number of benzene rings is 3. The number of carbonyl (C=O) groups excluding carboxylic acids is 1. The van der Waals surface area contributed by atoms with Crippen LogP contribution in [0.1, 0.15) is 52.6 Å². The molecule has 184 valence electrons. The molecule has 0 spiro atoms. The van der Waals surface area contributed by atoms with Gasteiger partial charge >= 0.3 is 0 Å². The Kier molecular flexibility index (Phi) is 7.48. The predicted octanol–water partition coefficient (Wildman–Crippen LogP) is 5.63. The maximum atomic E-state index is 12.9. The Morgan fingerprint density at radius 1 is 1.06 bits per heavy atom. The number of imidazole rings is 1. The zero-order valence-corrected chi connectivity index (χ0v) is 21.9. The van der Waals surface area contributed by atoms with Crippen LogP contribution < -0.4 is 4.72 Å². The normalized spacial score (nSPS) is 11.2. The molecular weight excluding hydrogens is 494 g/mol. The summed E-state index contributed by atoms with van der Waals surface area (Å²) in [4.78, 5) is 17.5. The predicted molar refractivity (Wildman–Crippen MR) is 143 cm³/mol. The van der Waals surface area contributed by atoms with Crippen LogP contribution in [0.5, 0.6) is 0 Å². The number of nitrogens with one attached hydrogen (secondary N) is 1. The number of rotatable bonds is 6. The van der Waals surface area contributed by atoms with E-state index < -0.39 is 15.9 Å². The maximum Gasteiger partial charge on any atom is 0.265 e. The van der Waals surface area contributed by atoms with Crippen LogP contribution in [0, 0.1) is 25.7 Å². The van der Waals surface area contributed by atoms with Crippen molar-refractivity contribution in [3.05, 3.63) is 93.8 Å². The van der Waals surface area contributed by atoms with E-state index in [2.05, 4.69) is 28.5 Å². The van der Waals surface area contributed by atoms with E-state index in [1.54, 1.807) is 30.3 Å². The first-order valence-corrected chi connectivity index (χ1v) is 13.4. The number of unbranched alkanes of at least 4 members (excludes halogenated alkanes) is 1. The molecular formula is C28H26ClN3O3S. The minimum absolute atomic E-state index is 0.0286. The number of hydrogen-bond acceptors (Lipinski definition) is 4. The molecule has 8 heteroatoms. The lowest BCUT2D eigenvalue weighted by Gasteiger charge is -2.11. The Balaban J connectivity index is 1.61. The van der Waals surface area contributed by atoms with Crippen molar-refractivity contribution in [1.29, 1.82) is 0 Å². The molecule has 4 rings (SSSR count). The Morgan fingerprint density at radius 2 is 1.81 bits per heavy atom. The lowest BCUT2D eigenvalue weighted by molar-refractivity contribution is 0.0981. The standard InChI is InChI=1S/C28H26ClN3O3S/c1-4-5-6-7-21-10-11-23(25(29)16-21)18-32-20(3)30-26-15-12-22(17-27(26)32)28(33)31-36(34,35)24-13-8-19(2)9-14-24/h8-17H,4-5,18H2,1-3H3,(H,31,33). The van der Waals surface area contributed by atoms with E-state index in [0.29, 0.717) is 22.6 Å². The van der Waals surface area contributed by atoms with Crippen LogP contribution in [0.15, 0.2) is 65.6 Å². The molecule has 0 aliphatic carbocycles. The van der Waals surface area contributed by atoms with Gasteiger partial charge in [-0.05, 0) is 68.3 Å². The van der Waals surface area contributed by atoms with Crippen LogP contribution in [0.3, 0.4) is 0 Å². The number of aryl methyl sites for hydroxylation is 2. The monoisotopic (exact) mass is 519 g/mol. The molecule has 0 unspecified atom stereocenters. The van der Waals surface area contributed by atoms with Crippen molar-refractivity contribution in [2.45, 2.75) is 45.1 Å². The van der Waals surface area contributed by atoms with Gasteiger partial charge in [-0.2, -0.15) is 0 Å². The Hall–Kier alpha value is -3.60. The van der Waals surface area contributed by atoms with Gasteiger partial charge in [0, 0.05) is 22.6 Å². The first kappa shape index (κ1) is 25.5. The van der Waals surface area contributed by atoms with Gasteiger partial charge in [0.1, 0.15) is 5.82 Å². The van der Waals surface area contributed by atoms with Crippen LogP contribution in [-0.2, 0) is 16.6 Å². The molecule has 1 heterocycles. The number of amides is 1. The lowest BCUT2D eigenvalue weighted by Crippen LogP contribution is -2.30. The quantitative estimate of drug-likeness (QED) is 0.335. The number of nitrogens with zero attached hydrogens (tertiary/aromatic N) is 2. The fraction of sp³-hybridized carbons (Fsp3) is 0.214. The van der Waals surface area contributed by atoms with Crippen molar-refractivity contribution in [1.82, 2.24) is 14.3 Å². The highest BCUT2D eigenvalue weighted by molar-refractivity contribution is 7.90. The third-order valence-corrected chi connectivity index (χ3v) is 7.45. The van der Waals surface area contributed by atoms with Gasteiger partial charge in [-0.25, -0.2) is 18.1 Å². The third kappa shape index (κ3) is 5.62. The van der Waals surface area contributed by atoms with Gasteiger partial charge in [0.05, 0.1) is 22.5 Å². The van der Waals surface area contributed by atoms with Gasteiger partial charge in [-0.3, -0.25) is 4.79 Å². The number of halogens is 1. The summed E-state index contributed by atoms with van der Waals surface area (Å²) < 4.78 is 29.5. The van der Waals surface area contributed by atoms with E-state index in [4.69, 9.17) is 11.6 Å². The van der Waals surface area contributed by atoms with E-state index in [1.165, 1.54) is 12.1 Å². The number of hydrogen-bond donors (Lipinski definition) is 1. The summed E-state index contributed by atoms with van der Waals surface area (Å²) >= 11 is 6.55. The van der Waals surface area contributed by atoms with Gasteiger partial charge in [-0.15, -0.1) is 0 Å². The molecule has 4 aromatic rings. The SMILES string of the molecule is CCCC#Cc1ccc(Cn2c(C)nc3ccc(C(=O)NS(=O)(=O)c4ccc(C)cc4)cc32)c(Cl)c1. The topological polar surface area (TPSA) is 81.1 Å². The van der Waals surface area contributed by atoms with Crippen molar-refractivity contribution in [2.75, 3.05) is 0 Å². The summed E-state index contributed by atoms with van der Waals surface area (Å²) in [6.07, 6.45) is 1.84. The molecule has 0 fully saturated rings. The van der Waals surface area contributed by atoms with E-state index >= 15 is 0 Å². The second-order valence-corrected chi connectivity index (χ2v) is 10.6. The van der Waals surface area contributed by atoms with E-state index in [1.807, 2.05) is 36.6 Å². The number of carbonyl (C=O) groups is 1. The van der Waals surface area contributed by atoms with Crippen molar-refractivity contribution in [2.24, 2.45) is 0 Å². The fourth-order valence-electron chi connectivity index (χ4n) is 3.75. The molecule has 0 radical (unpaired) electrons. The van der Waals surface area contributed by atoms with Crippen molar-refractivity contribution < 1.29 is 13.2 Å². The molecule has 3 aromatic carbocycles. The smallest absolute Gasteiger partial charge is 0.265 e. The second kappa shape index (κ2) is 10.6. The first-order chi connectivity index (χ1) is 17.2. The molecule has 1 N–H and O–H groups in total. The third-order valence-electron chi connectivity index (χ3n) is 5.75. The zero-order valence-electron chi connectivity index (χ0n) is 20.3. The minimum Gasteiger partial charge on any atom is -0.324 e. The number of sulfonamides is 1. The van der Waals surface area contributed by atoms with E-state index in [-0.39, 0.29) is 10.5 Å². The van der Waals surface area contributed by atoms with Crippen LogP contribution in [0.2, 0.25) is 5.02 Å². The Morgan fingerprint density at radius 3 is 2.50 bits per heavy atom. The zero-order chi connectivity index (χ0) is 25.9. The molecule has 0 atom stereocenters. The van der Waals surface area contributed by atoms with Gasteiger partial charge < -0.3 is 4.57 Å². The maximum absolute atomic E-state index is 12.9. The van der Waals surface area contributed by atoms with Gasteiger partial charge in [0.2, 0.25) is 0 Å². The van der Waals surface area contributed by atoms with Crippen LogP contribution in [0.25, 0.3) is 11.0 Å². The van der Waals surface area contributed by atoms with Crippen molar-refractivity contribution in [3.63, 3.8) is 0 Å². The van der Waals surface area contributed by atoms with E-state index in [9.17, 15) is 13.2 Å². The lowest BCUT2D eigenvalue weighted by atomic mass is 10.1. The molecule has 1 amide bonds. The molecule has 0 saturated carbocycles. The highest BCUT2D eigenvalue weighted by Crippen LogP contribution is 2.24. The van der Waals surface area contributed by atoms with Crippen LogP contribution >= 0.6 is 11.6 Å². The molecule has 36 heavy (non-hydrogen) atoms. The second-order valence-electron chi connectivity index (χ2n) is 8.55. The largest absolute Gasteiger partial charge is 0.324 e. The molecule has 1 aromatic heterocycles. The summed E-state index contributed by atoms with van der Waals surface area (Å²) in [5, 5.41) is 0.595. The number of fused-ring (bicyclic) bond motifs is 1. The van der Waals surface area contributed by atoms with Crippen LogP contribution in [-0.4, -0.2) is 23.9 Å². The average molecular weight is 520 g/mol. The molecule has 0 saturated heterocycles. The summed E-state index contributed by atoms with van der Waals surface area (Å²) in [6, 6.07) is 17.0. The first-order valence-electron chi connectivity index (χ1n) is 11.6. The highest BCUT2D eigenvalue weighted by Gasteiger charge is 2.20. The highest BCUT2D eigenvalue weighted by atomic mass is 35.5. The fourth-order valence-corrected chi connectivity index (χ4v) is 4.97. The summed E-state index contributed by atoms with van der Waals surface area (Å²) in [5.74, 6) is 6.27. The average Bonchev–Trinajstić information content (AvgIpc) is 3.15. The minimum atomic E-state index is -4.00. The number of aromatic nitrogens is 2. The Bertz CT molecular complexity index is 1610.